The molecule has 0 aliphatic rings. The lowest BCUT2D eigenvalue weighted by Crippen LogP contribution is -2.39. The molecule has 0 unspecified atom stereocenters. The minimum absolute atomic E-state index is 0.0257. The Bertz CT molecular complexity index is 658. The SMILES string of the molecule is CCCOc1c(Cl)cc(/C=C/C(=O)O[C@H](C)C(=O)NC(C)C)cc1OC. The van der Waals surface area contributed by atoms with Crippen LogP contribution in [-0.2, 0) is 14.3 Å². The predicted molar refractivity (Wildman–Crippen MR) is 102 cm³/mol. The van der Waals surface area contributed by atoms with Crippen LogP contribution in [0.1, 0.15) is 39.7 Å². The van der Waals surface area contributed by atoms with E-state index >= 15 is 0 Å². The summed E-state index contributed by atoms with van der Waals surface area (Å²) in [5.74, 6) is -0.0277. The van der Waals surface area contributed by atoms with Gasteiger partial charge < -0.3 is 19.5 Å². The van der Waals surface area contributed by atoms with Crippen LogP contribution in [0.4, 0.5) is 0 Å². The highest BCUT2D eigenvalue weighted by Crippen LogP contribution is 2.36. The van der Waals surface area contributed by atoms with Crippen LogP contribution in [0.15, 0.2) is 18.2 Å². The molecule has 0 spiro atoms. The number of carbonyl (C=O) groups is 2. The Morgan fingerprint density at radius 1 is 1.27 bits per heavy atom. The van der Waals surface area contributed by atoms with Gasteiger partial charge >= 0.3 is 5.97 Å². The number of hydrogen-bond donors (Lipinski definition) is 1. The van der Waals surface area contributed by atoms with Crippen LogP contribution in [0.2, 0.25) is 5.02 Å². The van der Waals surface area contributed by atoms with Crippen LogP contribution in [0.3, 0.4) is 0 Å². The summed E-state index contributed by atoms with van der Waals surface area (Å²) in [6.45, 7) is 7.69. The molecule has 1 rings (SSSR count). The second-order valence-electron chi connectivity index (χ2n) is 5.96. The lowest BCUT2D eigenvalue weighted by Gasteiger charge is -2.14. The summed E-state index contributed by atoms with van der Waals surface area (Å²) in [5.41, 5.74) is 0.645. The zero-order valence-electron chi connectivity index (χ0n) is 15.8. The summed E-state index contributed by atoms with van der Waals surface area (Å²) in [7, 11) is 1.52. The van der Waals surface area contributed by atoms with Crippen molar-refractivity contribution < 1.29 is 23.8 Å². The molecule has 0 aliphatic carbocycles. The Morgan fingerprint density at radius 3 is 2.54 bits per heavy atom. The lowest BCUT2D eigenvalue weighted by molar-refractivity contribution is -0.150. The van der Waals surface area contributed by atoms with E-state index < -0.39 is 12.1 Å². The zero-order chi connectivity index (χ0) is 19.7. The summed E-state index contributed by atoms with van der Waals surface area (Å²) in [4.78, 5) is 23.6. The molecule has 0 saturated carbocycles. The topological polar surface area (TPSA) is 73.9 Å². The average Bonchev–Trinajstić information content (AvgIpc) is 2.57. The highest BCUT2D eigenvalue weighted by molar-refractivity contribution is 6.32. The number of benzene rings is 1. The van der Waals surface area contributed by atoms with E-state index in [4.69, 9.17) is 25.8 Å². The van der Waals surface area contributed by atoms with Gasteiger partial charge in [-0.1, -0.05) is 18.5 Å². The third-order valence-corrected chi connectivity index (χ3v) is 3.49. The molecule has 7 heteroatoms. The summed E-state index contributed by atoms with van der Waals surface area (Å²) < 4.78 is 15.9. The maximum Gasteiger partial charge on any atom is 0.331 e. The zero-order valence-corrected chi connectivity index (χ0v) is 16.6. The van der Waals surface area contributed by atoms with E-state index in [-0.39, 0.29) is 11.9 Å². The van der Waals surface area contributed by atoms with Crippen molar-refractivity contribution in [3.8, 4) is 11.5 Å². The molecule has 1 aromatic carbocycles. The second-order valence-corrected chi connectivity index (χ2v) is 6.37. The van der Waals surface area contributed by atoms with Gasteiger partial charge in [0.1, 0.15) is 0 Å². The molecule has 0 heterocycles. The number of carbonyl (C=O) groups excluding carboxylic acids is 2. The minimum atomic E-state index is -0.877. The Morgan fingerprint density at radius 2 is 1.96 bits per heavy atom. The minimum Gasteiger partial charge on any atom is -0.493 e. The van der Waals surface area contributed by atoms with Crippen molar-refractivity contribution in [1.29, 1.82) is 0 Å². The lowest BCUT2D eigenvalue weighted by atomic mass is 10.2. The molecule has 0 aromatic heterocycles. The van der Waals surface area contributed by atoms with Gasteiger partial charge in [-0.3, -0.25) is 4.79 Å². The van der Waals surface area contributed by atoms with Crippen LogP contribution in [0, 0.1) is 0 Å². The summed E-state index contributed by atoms with van der Waals surface area (Å²) >= 11 is 6.23. The van der Waals surface area contributed by atoms with Gasteiger partial charge in [0.05, 0.1) is 18.7 Å². The van der Waals surface area contributed by atoms with Crippen LogP contribution < -0.4 is 14.8 Å². The van der Waals surface area contributed by atoms with E-state index in [9.17, 15) is 9.59 Å². The normalized spacial score (nSPS) is 12.1. The molecule has 0 radical (unpaired) electrons. The van der Waals surface area contributed by atoms with Crippen molar-refractivity contribution in [1.82, 2.24) is 5.32 Å². The maximum absolute atomic E-state index is 11.9. The van der Waals surface area contributed by atoms with Crippen molar-refractivity contribution >= 4 is 29.6 Å². The highest BCUT2D eigenvalue weighted by atomic mass is 35.5. The summed E-state index contributed by atoms with van der Waals surface area (Å²) in [6.07, 6.45) is 2.73. The van der Waals surface area contributed by atoms with Gasteiger partial charge in [-0.15, -0.1) is 0 Å². The molecule has 1 aromatic rings. The number of nitrogens with one attached hydrogen (secondary N) is 1. The summed E-state index contributed by atoms with van der Waals surface area (Å²) in [5, 5.41) is 3.06. The van der Waals surface area contributed by atoms with Crippen LogP contribution >= 0.6 is 11.6 Å². The Balaban J connectivity index is 2.79. The number of methoxy groups -OCH3 is 1. The van der Waals surface area contributed by atoms with E-state index in [1.807, 2.05) is 20.8 Å². The van der Waals surface area contributed by atoms with E-state index in [2.05, 4.69) is 5.32 Å². The van der Waals surface area contributed by atoms with Crippen LogP contribution in [0.25, 0.3) is 6.08 Å². The average molecular weight is 384 g/mol. The maximum atomic E-state index is 11.9. The fourth-order valence-corrected chi connectivity index (χ4v) is 2.29. The van der Waals surface area contributed by atoms with E-state index in [1.54, 1.807) is 12.1 Å². The van der Waals surface area contributed by atoms with E-state index in [1.165, 1.54) is 26.2 Å². The van der Waals surface area contributed by atoms with Crippen molar-refractivity contribution in [3.63, 3.8) is 0 Å². The van der Waals surface area contributed by atoms with Gasteiger partial charge in [0.2, 0.25) is 0 Å². The first-order chi connectivity index (χ1) is 12.3. The first-order valence-electron chi connectivity index (χ1n) is 8.47. The smallest absolute Gasteiger partial charge is 0.331 e. The van der Waals surface area contributed by atoms with Crippen molar-refractivity contribution in [2.24, 2.45) is 0 Å². The number of hydrogen-bond acceptors (Lipinski definition) is 5. The molecule has 1 atom stereocenters. The molecule has 0 aliphatic heterocycles. The quantitative estimate of drug-likeness (QED) is 0.521. The van der Waals surface area contributed by atoms with E-state index in [0.717, 1.165) is 6.42 Å². The Labute approximate surface area is 159 Å². The van der Waals surface area contributed by atoms with Crippen LogP contribution in [-0.4, -0.2) is 37.7 Å². The number of amides is 1. The molecule has 144 valence electrons. The van der Waals surface area contributed by atoms with Crippen LogP contribution in [0.5, 0.6) is 11.5 Å². The standard InChI is InChI=1S/C19H26ClNO5/c1-6-9-25-18-15(20)10-14(11-16(18)24-5)7-8-17(22)26-13(4)19(23)21-12(2)3/h7-8,10-13H,6,9H2,1-5H3,(H,21,23)/b8-7+/t13-/m1/s1. The largest absolute Gasteiger partial charge is 0.493 e. The molecule has 26 heavy (non-hydrogen) atoms. The second kappa shape index (κ2) is 10.7. The molecule has 0 fully saturated rings. The highest BCUT2D eigenvalue weighted by Gasteiger charge is 2.17. The number of halogens is 1. The number of ether oxygens (including phenoxy) is 3. The molecule has 1 N–H and O–H groups in total. The molecular formula is C19H26ClNO5. The fraction of sp³-hybridized carbons (Fsp3) is 0.474. The Kier molecular flexibility index (Phi) is 8.99. The van der Waals surface area contributed by atoms with Gasteiger partial charge in [0.15, 0.2) is 17.6 Å². The monoisotopic (exact) mass is 383 g/mol. The molecule has 0 bridgehead atoms. The molecule has 6 nitrogen and oxygen atoms in total. The number of rotatable bonds is 9. The van der Waals surface area contributed by atoms with Gasteiger partial charge in [0, 0.05) is 12.1 Å². The fourth-order valence-electron chi connectivity index (χ4n) is 2.01. The van der Waals surface area contributed by atoms with E-state index in [0.29, 0.717) is 28.7 Å². The van der Waals surface area contributed by atoms with Gasteiger partial charge in [-0.05, 0) is 51.0 Å². The first kappa shape index (κ1) is 21.8. The third kappa shape index (κ3) is 6.96. The van der Waals surface area contributed by atoms with Crippen molar-refractivity contribution in [2.75, 3.05) is 13.7 Å². The van der Waals surface area contributed by atoms with Gasteiger partial charge in [0.25, 0.3) is 5.91 Å². The Hall–Kier alpha value is -2.21. The van der Waals surface area contributed by atoms with Crippen molar-refractivity contribution in [3.05, 3.63) is 28.8 Å². The van der Waals surface area contributed by atoms with Gasteiger partial charge in [-0.2, -0.15) is 0 Å². The molecule has 1 amide bonds. The van der Waals surface area contributed by atoms with Gasteiger partial charge in [-0.25, -0.2) is 4.79 Å². The molecular weight excluding hydrogens is 358 g/mol. The summed E-state index contributed by atoms with van der Waals surface area (Å²) in [6, 6.07) is 3.34. The third-order valence-electron chi connectivity index (χ3n) is 3.21. The first-order valence-corrected chi connectivity index (χ1v) is 8.85. The van der Waals surface area contributed by atoms with Crippen molar-refractivity contribution in [2.45, 2.75) is 46.3 Å². The molecule has 0 saturated heterocycles. The predicted octanol–water partition coefficient (Wildman–Crippen LogP) is 3.61. The number of esters is 1.